The smallest absolute Gasteiger partial charge is 0.352 e. The molecule has 3 aliphatic heterocycles. The highest BCUT2D eigenvalue weighted by Crippen LogP contribution is 2.41. The molecule has 3 aliphatic rings. The normalized spacial score (nSPS) is 21.4. The van der Waals surface area contributed by atoms with Crippen LogP contribution in [0.4, 0.5) is 5.13 Å². The number of carboxylic acid groups (broad SMARTS) is 1. The monoisotopic (exact) mass is 665 g/mol. The number of hydrogen-bond acceptors (Lipinski definition) is 15. The topological polar surface area (TPSA) is 197 Å². The van der Waals surface area contributed by atoms with Gasteiger partial charge in [-0.2, -0.15) is 0 Å². The van der Waals surface area contributed by atoms with Gasteiger partial charge in [-0.15, -0.1) is 28.2 Å². The second-order valence-electron chi connectivity index (χ2n) is 10.6. The van der Waals surface area contributed by atoms with Gasteiger partial charge in [0.1, 0.15) is 29.9 Å². The minimum absolute atomic E-state index is 0.0747. The maximum Gasteiger partial charge on any atom is 0.352 e. The lowest BCUT2D eigenvalue weighted by atomic mass is 10.0. The van der Waals surface area contributed by atoms with Crippen LogP contribution in [0.1, 0.15) is 26.0 Å². The van der Waals surface area contributed by atoms with E-state index in [1.165, 1.54) is 35.5 Å². The summed E-state index contributed by atoms with van der Waals surface area (Å²) in [6.45, 7) is 10.3. The highest BCUT2D eigenvalue weighted by atomic mass is 32.2. The van der Waals surface area contributed by atoms with Crippen molar-refractivity contribution in [2.45, 2.75) is 49.4 Å². The molecule has 4 N–H and O–H groups in total. The maximum absolute atomic E-state index is 13.1. The van der Waals surface area contributed by atoms with Gasteiger partial charge in [0.2, 0.25) is 5.16 Å². The number of carbonyl (C=O) groups excluding carboxylic acids is 2. The highest BCUT2D eigenvalue weighted by Gasteiger charge is 2.54. The Kier molecular flexibility index (Phi) is 10.4. The van der Waals surface area contributed by atoms with E-state index in [1.807, 2.05) is 0 Å². The minimum atomic E-state index is -1.21. The lowest BCUT2D eigenvalue weighted by Crippen LogP contribution is -2.71. The summed E-state index contributed by atoms with van der Waals surface area (Å²) >= 11 is 3.85. The number of nitrogen functional groups attached to an aromatic ring is 1. The van der Waals surface area contributed by atoms with Crippen LogP contribution < -0.4 is 11.1 Å². The first-order chi connectivity index (χ1) is 21.2. The van der Waals surface area contributed by atoms with Gasteiger partial charge >= 0.3 is 5.97 Å². The number of tetrazole rings is 1. The molecule has 0 aromatic carbocycles. The summed E-state index contributed by atoms with van der Waals surface area (Å²) in [4.78, 5) is 53.5. The zero-order chi connectivity index (χ0) is 31.4. The van der Waals surface area contributed by atoms with Crippen molar-refractivity contribution in [3.8, 4) is 0 Å². The third-order valence-electron chi connectivity index (χ3n) is 7.55. The number of rotatable bonds is 13. The van der Waals surface area contributed by atoms with Crippen LogP contribution >= 0.6 is 34.9 Å². The standard InChI is InChI=1S/C25H35N11O5S3/c1-14(2)34-9-7-33(8-10-34)5-4-6-35-25(29-31-32-35)44-12-15-11-42-22-18(21(38)36(22)19(15)23(39)40)28-20(37)17(30-41-3)16-13-43-24(26)27-16/h13-14,18,22H,4-12H2,1-3H3,(H2,26,27)(H,28,37)(H,39,40)/t18?,22-/m0/s1. The molecule has 2 aromatic heterocycles. The summed E-state index contributed by atoms with van der Waals surface area (Å²) < 4.78 is 1.74. The number of carboxylic acids is 1. The molecule has 19 heteroatoms. The second kappa shape index (κ2) is 14.2. The van der Waals surface area contributed by atoms with Crippen LogP contribution in [-0.4, -0.2) is 137 Å². The molecule has 2 atom stereocenters. The van der Waals surface area contributed by atoms with E-state index < -0.39 is 29.2 Å². The third kappa shape index (κ3) is 7.01. The molecule has 5 heterocycles. The summed E-state index contributed by atoms with van der Waals surface area (Å²) in [7, 11) is 1.29. The number of thioether (sulfide) groups is 2. The Morgan fingerprint density at radius 2 is 2.05 bits per heavy atom. The first-order valence-corrected chi connectivity index (χ1v) is 17.0. The average Bonchev–Trinajstić information content (AvgIpc) is 3.65. The summed E-state index contributed by atoms with van der Waals surface area (Å²) in [5.74, 6) is -1.75. The van der Waals surface area contributed by atoms with Crippen LogP contribution in [0.25, 0.3) is 0 Å². The molecular formula is C25H35N11O5S3. The summed E-state index contributed by atoms with van der Waals surface area (Å²) in [5, 5.41) is 30.3. The van der Waals surface area contributed by atoms with Crippen molar-refractivity contribution in [1.29, 1.82) is 0 Å². The van der Waals surface area contributed by atoms with E-state index in [2.05, 4.69) is 54.6 Å². The molecule has 238 valence electrons. The predicted molar refractivity (Wildman–Crippen MR) is 166 cm³/mol. The van der Waals surface area contributed by atoms with Crippen molar-refractivity contribution < 1.29 is 24.3 Å². The Balaban J connectivity index is 1.17. The zero-order valence-electron chi connectivity index (χ0n) is 24.6. The third-order valence-corrected chi connectivity index (χ3v) is 10.6. The number of piperazine rings is 1. The van der Waals surface area contributed by atoms with Gasteiger partial charge in [0.15, 0.2) is 10.8 Å². The average molecular weight is 666 g/mol. The first kappa shape index (κ1) is 32.1. The van der Waals surface area contributed by atoms with Crippen molar-refractivity contribution in [2.24, 2.45) is 5.16 Å². The van der Waals surface area contributed by atoms with Crippen LogP contribution in [0, 0.1) is 0 Å². The fourth-order valence-electron chi connectivity index (χ4n) is 5.24. The Morgan fingerprint density at radius 1 is 1.27 bits per heavy atom. The molecule has 0 radical (unpaired) electrons. The van der Waals surface area contributed by atoms with Gasteiger partial charge in [0, 0.05) is 62.2 Å². The van der Waals surface area contributed by atoms with E-state index in [4.69, 9.17) is 10.6 Å². The fourth-order valence-corrected chi connectivity index (χ4v) is 8.17. The van der Waals surface area contributed by atoms with E-state index in [9.17, 15) is 19.5 Å². The molecular weight excluding hydrogens is 631 g/mol. The number of hydrogen-bond donors (Lipinski definition) is 3. The van der Waals surface area contributed by atoms with Gasteiger partial charge < -0.3 is 25.9 Å². The molecule has 2 saturated heterocycles. The van der Waals surface area contributed by atoms with Crippen molar-refractivity contribution in [1.82, 2.24) is 45.2 Å². The number of nitrogens with zero attached hydrogens (tertiary/aromatic N) is 9. The van der Waals surface area contributed by atoms with Crippen LogP contribution in [0.3, 0.4) is 0 Å². The fraction of sp³-hybridized carbons (Fsp3) is 0.600. The van der Waals surface area contributed by atoms with Gasteiger partial charge in [-0.05, 0) is 36.3 Å². The van der Waals surface area contributed by atoms with E-state index in [0.29, 0.717) is 34.8 Å². The van der Waals surface area contributed by atoms with Crippen LogP contribution in [0.2, 0.25) is 0 Å². The van der Waals surface area contributed by atoms with Gasteiger partial charge in [-0.25, -0.2) is 14.5 Å². The first-order valence-electron chi connectivity index (χ1n) is 14.1. The van der Waals surface area contributed by atoms with E-state index in [-0.39, 0.29) is 22.2 Å². The highest BCUT2D eigenvalue weighted by molar-refractivity contribution is 8.01. The van der Waals surface area contributed by atoms with Crippen molar-refractivity contribution in [2.75, 3.05) is 57.1 Å². The predicted octanol–water partition coefficient (Wildman–Crippen LogP) is 0.00930. The number of aromatic nitrogens is 5. The Labute approximate surface area is 266 Å². The number of thiazole rings is 1. The molecule has 1 unspecified atom stereocenters. The molecule has 16 nitrogen and oxygen atoms in total. The number of anilines is 1. The van der Waals surface area contributed by atoms with Crippen molar-refractivity contribution >= 4 is 63.5 Å². The van der Waals surface area contributed by atoms with Crippen molar-refractivity contribution in [3.63, 3.8) is 0 Å². The molecule has 2 aromatic rings. The van der Waals surface area contributed by atoms with E-state index in [0.717, 1.165) is 50.5 Å². The number of amides is 2. The molecule has 0 bridgehead atoms. The summed E-state index contributed by atoms with van der Waals surface area (Å²) in [5.41, 5.74) is 6.27. The van der Waals surface area contributed by atoms with Crippen LogP contribution in [0.5, 0.6) is 0 Å². The van der Waals surface area contributed by atoms with Crippen LogP contribution in [-0.2, 0) is 25.8 Å². The number of nitrogens with two attached hydrogens (primary N) is 1. The molecule has 2 amide bonds. The zero-order valence-corrected chi connectivity index (χ0v) is 27.0. The molecule has 0 spiro atoms. The van der Waals surface area contributed by atoms with Gasteiger partial charge in [-0.1, -0.05) is 16.9 Å². The lowest BCUT2D eigenvalue weighted by Gasteiger charge is -2.49. The molecule has 2 fully saturated rings. The Hall–Kier alpha value is -3.26. The quantitative estimate of drug-likeness (QED) is 0.112. The minimum Gasteiger partial charge on any atom is -0.477 e. The molecule has 44 heavy (non-hydrogen) atoms. The largest absolute Gasteiger partial charge is 0.477 e. The van der Waals surface area contributed by atoms with E-state index in [1.54, 1.807) is 10.1 Å². The van der Waals surface area contributed by atoms with Gasteiger partial charge in [-0.3, -0.25) is 19.4 Å². The molecule has 0 saturated carbocycles. The Morgan fingerprint density at radius 3 is 2.70 bits per heavy atom. The Bertz CT molecular complexity index is 1440. The maximum atomic E-state index is 13.1. The second-order valence-corrected chi connectivity index (χ2v) is 13.5. The number of β-lactam (4-membered cyclic amide) rings is 1. The number of fused-ring (bicyclic) bond motifs is 1. The SMILES string of the molecule is CON=C(C(=O)NC1C(=O)N2C(C(=O)O)=C(CSc3nnnn3CCCN3CCN(C(C)C)CC3)CS[C@@H]12)c1csc(N)n1. The van der Waals surface area contributed by atoms with Crippen molar-refractivity contribution in [3.05, 3.63) is 22.3 Å². The molecule has 5 rings (SSSR count). The number of carbonyl (C=O) groups is 3. The lowest BCUT2D eigenvalue weighted by molar-refractivity contribution is -0.150. The number of aryl methyl sites for hydroxylation is 1. The van der Waals surface area contributed by atoms with Crippen LogP contribution in [0.15, 0.2) is 27.0 Å². The molecule has 0 aliphatic carbocycles. The van der Waals surface area contributed by atoms with Gasteiger partial charge in [0.05, 0.1) is 0 Å². The van der Waals surface area contributed by atoms with E-state index >= 15 is 0 Å². The van der Waals surface area contributed by atoms with Gasteiger partial charge in [0.25, 0.3) is 11.8 Å². The number of aliphatic carboxylic acids is 1. The number of nitrogens with one attached hydrogen (secondary N) is 1. The summed E-state index contributed by atoms with van der Waals surface area (Å²) in [6, 6.07) is -0.372. The number of oxime groups is 1. The summed E-state index contributed by atoms with van der Waals surface area (Å²) in [6.07, 6.45) is 0.892.